The van der Waals surface area contributed by atoms with Gasteiger partial charge in [0.1, 0.15) is 25.2 Å². The number of benzene rings is 1. The highest BCUT2D eigenvalue weighted by molar-refractivity contribution is 7.89. The first-order valence-corrected chi connectivity index (χ1v) is 10.3. The fourth-order valence-electron chi connectivity index (χ4n) is 2.85. The molecule has 0 aromatic heterocycles. The average Bonchev–Trinajstić information content (AvgIpc) is 2.65. The molecule has 0 saturated carbocycles. The van der Waals surface area contributed by atoms with E-state index in [2.05, 4.69) is 4.72 Å². The van der Waals surface area contributed by atoms with Crippen LogP contribution in [0.15, 0.2) is 29.2 Å². The first-order chi connectivity index (χ1) is 12.9. The van der Waals surface area contributed by atoms with E-state index < -0.39 is 28.7 Å². The predicted molar refractivity (Wildman–Crippen MR) is 95.6 cm³/mol. The molecular weight excluding hydrogens is 399 g/mol. The van der Waals surface area contributed by atoms with Crippen molar-refractivity contribution in [2.45, 2.75) is 30.5 Å². The van der Waals surface area contributed by atoms with Crippen molar-refractivity contribution < 1.29 is 36.0 Å². The van der Waals surface area contributed by atoms with E-state index in [9.17, 15) is 26.4 Å². The van der Waals surface area contributed by atoms with Crippen LogP contribution >= 0.6 is 0 Å². The van der Waals surface area contributed by atoms with Crippen LogP contribution in [0.2, 0.25) is 0 Å². The largest absolute Gasteiger partial charge is 0.405 e. The fourth-order valence-corrected chi connectivity index (χ4v) is 4.06. The third-order valence-corrected chi connectivity index (χ3v) is 6.05. The molecule has 7 nitrogen and oxygen atoms in total. The minimum Gasteiger partial charge on any atom is -0.370 e. The Kier molecular flexibility index (Phi) is 7.07. The number of nitrogens with one attached hydrogen (secondary N) is 3. The van der Waals surface area contributed by atoms with Gasteiger partial charge in [0.25, 0.3) is 5.91 Å². The monoisotopic (exact) mass is 424 g/mol. The molecule has 0 spiro atoms. The van der Waals surface area contributed by atoms with Crippen molar-refractivity contribution in [3.63, 3.8) is 0 Å². The Hall–Kier alpha value is -1.69. The third kappa shape index (κ3) is 6.43. The number of sulfonamides is 1. The third-order valence-electron chi connectivity index (χ3n) is 4.63. The molecule has 1 saturated heterocycles. The van der Waals surface area contributed by atoms with Gasteiger partial charge in [0.15, 0.2) is 0 Å². The van der Waals surface area contributed by atoms with E-state index in [4.69, 9.17) is 4.74 Å². The van der Waals surface area contributed by atoms with Crippen molar-refractivity contribution in [2.75, 3.05) is 39.4 Å². The van der Waals surface area contributed by atoms with Gasteiger partial charge in [0, 0.05) is 5.56 Å². The van der Waals surface area contributed by atoms with Gasteiger partial charge in [0.05, 0.1) is 24.7 Å². The Labute approximate surface area is 162 Å². The highest BCUT2D eigenvalue weighted by Crippen LogP contribution is 2.14. The lowest BCUT2D eigenvalue weighted by Crippen LogP contribution is -3.22. The first kappa shape index (κ1) is 22.6. The van der Waals surface area contributed by atoms with Crippen molar-refractivity contribution in [3.8, 4) is 0 Å². The molecule has 0 bridgehead atoms. The van der Waals surface area contributed by atoms with Crippen LogP contribution in [0.5, 0.6) is 0 Å². The molecule has 11 heteroatoms. The molecule has 0 aliphatic carbocycles. The number of morpholine rings is 1. The molecule has 1 fully saturated rings. The number of carbonyl (C=O) groups excluding carboxylic acids is 1. The summed E-state index contributed by atoms with van der Waals surface area (Å²) in [5.74, 6) is -0.925. The Morgan fingerprint density at radius 1 is 1.11 bits per heavy atom. The summed E-state index contributed by atoms with van der Waals surface area (Å²) in [7, 11) is -3.82. The molecule has 2 rings (SSSR count). The number of halogens is 3. The number of hydrogen-bond acceptors (Lipinski definition) is 4. The van der Waals surface area contributed by atoms with Crippen molar-refractivity contribution in [1.82, 2.24) is 10.0 Å². The van der Waals surface area contributed by atoms with Crippen LogP contribution in [-0.2, 0) is 14.8 Å². The number of amides is 1. The van der Waals surface area contributed by atoms with Crippen molar-refractivity contribution in [2.24, 2.45) is 0 Å². The van der Waals surface area contributed by atoms with Gasteiger partial charge in [-0.25, -0.2) is 13.1 Å². The summed E-state index contributed by atoms with van der Waals surface area (Å²) in [6, 6.07) is 4.75. The minimum absolute atomic E-state index is 0.0544. The number of ether oxygens (including phenoxy) is 1. The molecule has 0 atom stereocenters. The summed E-state index contributed by atoms with van der Waals surface area (Å²) < 4.78 is 69.4. The quantitative estimate of drug-likeness (QED) is 0.573. The van der Waals surface area contributed by atoms with Gasteiger partial charge < -0.3 is 15.0 Å². The zero-order chi connectivity index (χ0) is 21.0. The van der Waals surface area contributed by atoms with Crippen molar-refractivity contribution in [1.29, 1.82) is 0 Å². The van der Waals surface area contributed by atoms with Gasteiger partial charge in [-0.1, -0.05) is 0 Å². The predicted octanol–water partition coefficient (Wildman–Crippen LogP) is -0.0493. The lowest BCUT2D eigenvalue weighted by molar-refractivity contribution is -0.954. The topological polar surface area (TPSA) is 88.9 Å². The summed E-state index contributed by atoms with van der Waals surface area (Å²) in [5.41, 5.74) is -0.393. The highest BCUT2D eigenvalue weighted by Gasteiger charge is 2.33. The van der Waals surface area contributed by atoms with Crippen LogP contribution in [0.1, 0.15) is 24.2 Å². The summed E-state index contributed by atoms with van der Waals surface area (Å²) >= 11 is 0. The van der Waals surface area contributed by atoms with Gasteiger partial charge in [-0.05, 0) is 38.1 Å². The number of alkyl halides is 3. The molecule has 28 heavy (non-hydrogen) atoms. The average molecular weight is 424 g/mol. The molecule has 0 unspecified atom stereocenters. The van der Waals surface area contributed by atoms with E-state index in [1.807, 2.05) is 13.8 Å². The molecule has 1 amide bonds. The Balaban J connectivity index is 1.98. The maximum Gasteiger partial charge on any atom is 0.405 e. The van der Waals surface area contributed by atoms with Gasteiger partial charge in [-0.3, -0.25) is 4.79 Å². The molecule has 1 heterocycles. The normalized spacial score (nSPS) is 16.8. The number of quaternary nitrogens is 1. The van der Waals surface area contributed by atoms with Crippen LogP contribution in [0.25, 0.3) is 0 Å². The van der Waals surface area contributed by atoms with Gasteiger partial charge in [0.2, 0.25) is 10.0 Å². The Bertz CT molecular complexity index is 774. The Morgan fingerprint density at radius 2 is 1.68 bits per heavy atom. The standard InChI is InChI=1S/C17H24F3N3O4S/c1-16(2,23-7-9-27-10-8-23)11-22-28(25,26)14-5-3-13(4-6-14)15(24)21-12-17(18,19)20/h3-6,22H,7-12H2,1-2H3,(H,21,24)/p+1. The SMILES string of the molecule is CC(C)(CNS(=O)(=O)c1ccc(C(=O)NCC(F)(F)F)cc1)[NH+]1CCOCC1. The first-order valence-electron chi connectivity index (χ1n) is 8.78. The molecule has 1 aromatic rings. The summed E-state index contributed by atoms with van der Waals surface area (Å²) in [4.78, 5) is 12.9. The summed E-state index contributed by atoms with van der Waals surface area (Å²) in [5, 5.41) is 1.74. The van der Waals surface area contributed by atoms with E-state index in [0.717, 1.165) is 13.1 Å². The van der Waals surface area contributed by atoms with Gasteiger partial charge in [-0.15, -0.1) is 0 Å². The van der Waals surface area contributed by atoms with Crippen molar-refractivity contribution in [3.05, 3.63) is 29.8 Å². The highest BCUT2D eigenvalue weighted by atomic mass is 32.2. The van der Waals surface area contributed by atoms with Crippen LogP contribution in [0, 0.1) is 0 Å². The molecule has 1 aliphatic rings. The van der Waals surface area contributed by atoms with E-state index >= 15 is 0 Å². The molecular formula is C17H25F3N3O4S+. The second kappa shape index (κ2) is 8.76. The maximum absolute atomic E-state index is 12.5. The summed E-state index contributed by atoms with van der Waals surface area (Å²) in [6.07, 6.45) is -4.52. The molecule has 3 N–H and O–H groups in total. The van der Waals surface area contributed by atoms with Crippen LogP contribution in [0.3, 0.4) is 0 Å². The second-order valence-corrected chi connectivity index (χ2v) is 9.01. The van der Waals surface area contributed by atoms with E-state index in [-0.39, 0.29) is 22.5 Å². The molecule has 0 radical (unpaired) electrons. The number of hydrogen-bond donors (Lipinski definition) is 3. The molecule has 1 aliphatic heterocycles. The maximum atomic E-state index is 12.5. The second-order valence-electron chi connectivity index (χ2n) is 7.25. The van der Waals surface area contributed by atoms with E-state index in [1.54, 1.807) is 5.32 Å². The van der Waals surface area contributed by atoms with Gasteiger partial charge >= 0.3 is 6.18 Å². The number of carbonyl (C=O) groups is 1. The summed E-state index contributed by atoms with van der Waals surface area (Å²) in [6.45, 7) is 5.51. The lowest BCUT2D eigenvalue weighted by atomic mass is 10.0. The molecule has 158 valence electrons. The van der Waals surface area contributed by atoms with E-state index in [0.29, 0.717) is 13.2 Å². The number of rotatable bonds is 7. The minimum atomic E-state index is -4.52. The van der Waals surface area contributed by atoms with Crippen LogP contribution in [-0.4, -0.2) is 65.4 Å². The van der Waals surface area contributed by atoms with Crippen LogP contribution in [0.4, 0.5) is 13.2 Å². The van der Waals surface area contributed by atoms with Gasteiger partial charge in [-0.2, -0.15) is 13.2 Å². The Morgan fingerprint density at radius 3 is 2.21 bits per heavy atom. The zero-order valence-electron chi connectivity index (χ0n) is 15.7. The lowest BCUT2D eigenvalue weighted by Gasteiger charge is -2.37. The molecule has 1 aromatic carbocycles. The van der Waals surface area contributed by atoms with E-state index in [1.165, 1.54) is 29.2 Å². The fraction of sp³-hybridized carbons (Fsp3) is 0.588. The zero-order valence-corrected chi connectivity index (χ0v) is 16.5. The van der Waals surface area contributed by atoms with Crippen molar-refractivity contribution >= 4 is 15.9 Å². The van der Waals surface area contributed by atoms with Crippen LogP contribution < -0.4 is 14.9 Å². The smallest absolute Gasteiger partial charge is 0.370 e.